The zero-order chi connectivity index (χ0) is 87.9. The Morgan fingerprint density at radius 1 is 0.214 bits per heavy atom. The van der Waals surface area contributed by atoms with Crippen molar-refractivity contribution in [3.63, 3.8) is 0 Å². The van der Waals surface area contributed by atoms with E-state index >= 15 is 0 Å². The highest BCUT2D eigenvalue weighted by Crippen LogP contribution is 2.42. The molecule has 0 bridgehead atoms. The number of alkyl halides is 4. The fraction of sp³-hybridized carbons (Fsp3) is 0.283. The first-order chi connectivity index (χ1) is 61.5. The van der Waals surface area contributed by atoms with Crippen molar-refractivity contribution in [1.29, 1.82) is 0 Å². The number of esters is 4. The van der Waals surface area contributed by atoms with E-state index in [1.165, 1.54) is 65.2 Å². The van der Waals surface area contributed by atoms with E-state index in [-0.39, 0.29) is 101 Å². The smallest absolute Gasteiger partial charge is 0.321 e. The Bertz CT molecular complexity index is 5080. The molecule has 0 saturated heterocycles. The van der Waals surface area contributed by atoms with Gasteiger partial charge in [-0.05, 0) is 273 Å². The van der Waals surface area contributed by atoms with Crippen LogP contribution in [0.3, 0.4) is 0 Å². The van der Waals surface area contributed by atoms with Gasteiger partial charge in [0.15, 0.2) is 58.7 Å². The molecule has 16 rings (SSSR count). The number of carbonyl (C=O) groups excluding carboxylic acids is 4. The fourth-order valence-corrected chi connectivity index (χ4v) is 23.6. The normalized spacial score (nSPS) is 15.8. The molecule has 4 aliphatic carbocycles. The molecule has 0 spiro atoms. The number of hydrogen-bond acceptors (Lipinski definition) is 12. The van der Waals surface area contributed by atoms with Crippen molar-refractivity contribution in [3.8, 4) is 23.0 Å². The quantitative estimate of drug-likeness (QED) is 0.00989. The Balaban J connectivity index is 0.000000144. The Hall–Kier alpha value is -7.96. The number of halogens is 4. The summed E-state index contributed by atoms with van der Waals surface area (Å²) in [7, 11) is -0.773. The van der Waals surface area contributed by atoms with Crippen LogP contribution < -0.4 is 18.9 Å². The SMILES string of the molecule is CC(I)C(=O)OC(Oc1ccc([S+](c2ccccc2)c2ccccc2)cc1)C1CC1.CC(I)C(=O)OC(Oc1ccc([S+](c2ccccc2)c2ccccc2)cc1)C1CCC1.CC(I)C(=O)OC(Oc1ccc([S+](c2ccccc2)c2ccccc2)cc1)C1CCCC1.CC(I)C(=O)OC(Oc1ccc([S+](c2ccccc2)c2ccccc2)cc1)C1CCCCC1. The van der Waals surface area contributed by atoms with Crippen LogP contribution in [0.2, 0.25) is 0 Å². The molecule has 8 atom stereocenters. The summed E-state index contributed by atoms with van der Waals surface area (Å²) in [5.41, 5.74) is 0. The summed E-state index contributed by atoms with van der Waals surface area (Å²) in [6.45, 7) is 7.36. The summed E-state index contributed by atoms with van der Waals surface area (Å²) < 4.78 is 46.8. The number of carbonyl (C=O) groups is 4. The Morgan fingerprint density at radius 3 is 0.516 bits per heavy atom. The summed E-state index contributed by atoms with van der Waals surface area (Å²) in [6, 6.07) is 118. The minimum atomic E-state index is -0.526. The van der Waals surface area contributed by atoms with Crippen molar-refractivity contribution in [2.45, 2.75) is 217 Å². The minimum Gasteiger partial charge on any atom is -0.454 e. The van der Waals surface area contributed by atoms with Crippen LogP contribution >= 0.6 is 90.4 Å². The third-order valence-corrected chi connectivity index (χ3v) is 32.6. The summed E-state index contributed by atoms with van der Waals surface area (Å²) in [4.78, 5) is 63.9. The van der Waals surface area contributed by atoms with E-state index in [4.69, 9.17) is 37.9 Å². The average molecular weight is 2210 g/mol. The first-order valence-electron chi connectivity index (χ1n) is 43.3. The molecule has 12 aromatic rings. The number of hydrogen-bond donors (Lipinski definition) is 0. The molecule has 12 aromatic carbocycles. The molecule has 8 unspecified atom stereocenters. The third-order valence-electron chi connectivity index (χ3n) is 21.7. The van der Waals surface area contributed by atoms with E-state index in [2.05, 4.69) is 345 Å². The molecule has 0 aliphatic heterocycles. The lowest BCUT2D eigenvalue weighted by Gasteiger charge is -2.33. The second-order valence-electron chi connectivity index (χ2n) is 31.2. The molecule has 126 heavy (non-hydrogen) atoms. The van der Waals surface area contributed by atoms with Gasteiger partial charge in [-0.15, -0.1) is 0 Å². The Morgan fingerprint density at radius 2 is 0.365 bits per heavy atom. The molecule has 20 heteroatoms. The van der Waals surface area contributed by atoms with Crippen LogP contribution in [0.5, 0.6) is 23.0 Å². The van der Waals surface area contributed by atoms with Crippen LogP contribution in [-0.2, 0) is 81.7 Å². The largest absolute Gasteiger partial charge is 0.454 e. The van der Waals surface area contributed by atoms with E-state index in [1.807, 2.05) is 113 Å². The predicted molar refractivity (Wildman–Crippen MR) is 541 cm³/mol. The molecule has 4 aliphatic rings. The van der Waals surface area contributed by atoms with Gasteiger partial charge >= 0.3 is 23.9 Å². The van der Waals surface area contributed by atoms with E-state index in [1.54, 1.807) is 0 Å². The van der Waals surface area contributed by atoms with Crippen molar-refractivity contribution >= 4 is 158 Å². The summed E-state index contributed by atoms with van der Waals surface area (Å²) in [5, 5.41) is 0. The molecule has 4 saturated carbocycles. The molecular formula is C106H108I4O12S4+4. The van der Waals surface area contributed by atoms with E-state index in [0.29, 0.717) is 5.92 Å². The van der Waals surface area contributed by atoms with Gasteiger partial charge in [0.25, 0.3) is 0 Å². The minimum absolute atomic E-state index is 0.187. The van der Waals surface area contributed by atoms with Gasteiger partial charge in [-0.3, -0.25) is 19.2 Å². The first kappa shape index (κ1) is 95.6. The van der Waals surface area contributed by atoms with Crippen LogP contribution in [0.4, 0.5) is 0 Å². The van der Waals surface area contributed by atoms with Gasteiger partial charge < -0.3 is 37.9 Å². The maximum absolute atomic E-state index is 12.3. The number of benzene rings is 12. The van der Waals surface area contributed by atoms with E-state index in [9.17, 15) is 19.2 Å². The highest BCUT2D eigenvalue weighted by Gasteiger charge is 2.40. The molecule has 0 heterocycles. The van der Waals surface area contributed by atoms with Gasteiger partial charge in [-0.25, -0.2) is 0 Å². The predicted octanol–water partition coefficient (Wildman–Crippen LogP) is 27.4. The zero-order valence-corrected chi connectivity index (χ0v) is 83.1. The van der Waals surface area contributed by atoms with Gasteiger partial charge in [-0.2, -0.15) is 0 Å². The standard InChI is InChI=1S/C28H30IO3S.C27H28IO3S.C26H26IO3S.C25H24IO3S/c1-21(29)27(30)32-28(22-11-5-2-6-12-22)31-23-17-19-26(20-18-23)33(24-13-7-3-8-14-24)25-15-9-4-10-16-25;1-20(28)26(29)31-27(21-10-8-9-11-21)30-22-16-18-25(19-17-22)32(23-12-4-2-5-13-23)24-14-6-3-7-15-24;1-19(27)25(28)30-26(20-9-8-10-20)29-21-15-17-24(18-16-21)31(22-11-4-2-5-12-22)23-13-6-3-7-14-23;1-18(26)24(27)29-25(19-12-13-19)28-20-14-16-23(17-15-20)30(21-8-4-2-5-9-21)22-10-6-3-7-11-22/h3-4,7-10,13-22,28H,2,5-6,11-12H2,1H3;2-7,12-21,27H,8-11H2,1H3;2-7,11-20,26H,8-10H2,1H3;2-11,14-19,25H,12-13H2,1H3/q4*+1. The molecule has 652 valence electrons. The average Bonchev–Trinajstić information content (AvgIpc) is 1.08. The Labute approximate surface area is 809 Å². The Kier molecular flexibility index (Phi) is 37.7. The van der Waals surface area contributed by atoms with Crippen molar-refractivity contribution in [1.82, 2.24) is 0 Å². The topological polar surface area (TPSA) is 142 Å². The van der Waals surface area contributed by atoms with Crippen LogP contribution in [0.1, 0.15) is 118 Å². The lowest BCUT2D eigenvalue weighted by atomic mass is 9.85. The van der Waals surface area contributed by atoms with Crippen molar-refractivity contribution in [2.24, 2.45) is 23.7 Å². The lowest BCUT2D eigenvalue weighted by Crippen LogP contribution is -2.37. The van der Waals surface area contributed by atoms with Crippen LogP contribution in [-0.4, -0.2) is 64.7 Å². The molecule has 0 radical (unpaired) electrons. The molecule has 4 fully saturated rings. The molecule has 0 aromatic heterocycles. The van der Waals surface area contributed by atoms with Crippen LogP contribution in [0, 0.1) is 23.7 Å². The van der Waals surface area contributed by atoms with Gasteiger partial charge in [0, 0.05) is 23.7 Å². The highest BCUT2D eigenvalue weighted by molar-refractivity contribution is 14.1. The number of ether oxygens (including phenoxy) is 8. The molecule has 0 N–H and O–H groups in total. The monoisotopic (exact) mass is 2210 g/mol. The maximum atomic E-state index is 12.3. The highest BCUT2D eigenvalue weighted by atomic mass is 127. The third kappa shape index (κ3) is 28.5. The van der Waals surface area contributed by atoms with Crippen LogP contribution in [0.25, 0.3) is 0 Å². The van der Waals surface area contributed by atoms with Gasteiger partial charge in [0.2, 0.25) is 25.2 Å². The van der Waals surface area contributed by atoms with Gasteiger partial charge in [-0.1, -0.05) is 274 Å². The molecule has 12 nitrogen and oxygen atoms in total. The van der Waals surface area contributed by atoms with Crippen molar-refractivity contribution in [3.05, 3.63) is 340 Å². The first-order valence-corrected chi connectivity index (χ1v) is 53.2. The fourth-order valence-electron chi connectivity index (χ4n) is 14.7. The van der Waals surface area contributed by atoms with Crippen LogP contribution in [0.15, 0.2) is 398 Å². The lowest BCUT2D eigenvalue weighted by molar-refractivity contribution is -0.175. The van der Waals surface area contributed by atoms with Gasteiger partial charge in [0.1, 0.15) is 38.7 Å². The van der Waals surface area contributed by atoms with E-state index < -0.39 is 25.2 Å². The summed E-state index contributed by atoms with van der Waals surface area (Å²) in [5.74, 6) is 3.17. The summed E-state index contributed by atoms with van der Waals surface area (Å²) in [6.07, 6.45) is 13.3. The second-order valence-corrected chi connectivity index (χ2v) is 46.8. The molecule has 0 amide bonds. The van der Waals surface area contributed by atoms with Gasteiger partial charge in [0.05, 0.1) is 43.6 Å². The number of rotatable bonds is 32. The molecular weight excluding hydrogens is 2100 g/mol. The zero-order valence-electron chi connectivity index (χ0n) is 71.2. The van der Waals surface area contributed by atoms with Crippen molar-refractivity contribution < 1.29 is 57.1 Å². The van der Waals surface area contributed by atoms with E-state index in [0.717, 1.165) is 106 Å². The van der Waals surface area contributed by atoms with Crippen molar-refractivity contribution in [2.75, 3.05) is 0 Å². The maximum Gasteiger partial charge on any atom is 0.321 e. The summed E-state index contributed by atoms with van der Waals surface area (Å²) >= 11 is 8.34. The second kappa shape index (κ2) is 49.7.